The first-order chi connectivity index (χ1) is 14.3. The Bertz CT molecular complexity index is 1240. The van der Waals surface area contributed by atoms with Crippen molar-refractivity contribution < 1.29 is 18.8 Å². The van der Waals surface area contributed by atoms with Crippen LogP contribution in [0.4, 0.5) is 0 Å². The molecule has 156 valence electrons. The van der Waals surface area contributed by atoms with Crippen molar-refractivity contribution in [3.63, 3.8) is 0 Å². The molecular formula is C22H23N3O4S. The van der Waals surface area contributed by atoms with Crippen LogP contribution < -0.4 is 5.32 Å². The lowest BCUT2D eigenvalue weighted by atomic mass is 9.94. The van der Waals surface area contributed by atoms with Crippen LogP contribution in [0, 0.1) is 0 Å². The number of rotatable bonds is 3. The zero-order chi connectivity index (χ0) is 21.3. The number of hydrogen-bond donors (Lipinski definition) is 2. The molecule has 1 aromatic heterocycles. The summed E-state index contributed by atoms with van der Waals surface area (Å²) in [5, 5.41) is 14.1. The first kappa shape index (κ1) is 19.0. The quantitative estimate of drug-likeness (QED) is 0.790. The summed E-state index contributed by atoms with van der Waals surface area (Å²) < 4.78 is 20.7. The summed E-state index contributed by atoms with van der Waals surface area (Å²) in [5.74, 6) is 0.736. The molecule has 3 atom stereocenters. The molecule has 1 unspecified atom stereocenters. The Labute approximate surface area is 176 Å². The maximum absolute atomic E-state index is 12.8. The third kappa shape index (κ3) is 2.43. The topological polar surface area (TPSA) is 83.8 Å². The minimum atomic E-state index is -1.25. The van der Waals surface area contributed by atoms with E-state index in [1.54, 1.807) is 25.5 Å². The van der Waals surface area contributed by atoms with Gasteiger partial charge in [-0.2, -0.15) is 0 Å². The molecule has 3 aliphatic rings. The Hall–Kier alpha value is -3.00. The number of phenols is 1. The summed E-state index contributed by atoms with van der Waals surface area (Å²) in [6.07, 6.45) is 5.87. The Morgan fingerprint density at radius 1 is 1.37 bits per heavy atom. The lowest BCUT2D eigenvalue weighted by molar-refractivity contribution is -0.120. The van der Waals surface area contributed by atoms with Crippen molar-refractivity contribution >= 4 is 39.3 Å². The van der Waals surface area contributed by atoms with Gasteiger partial charge in [0.2, 0.25) is 5.91 Å². The lowest BCUT2D eigenvalue weighted by Gasteiger charge is -2.33. The monoisotopic (exact) mass is 425 g/mol. The van der Waals surface area contributed by atoms with E-state index in [4.69, 9.17) is 4.74 Å². The molecule has 0 bridgehead atoms. The predicted molar refractivity (Wildman–Crippen MR) is 117 cm³/mol. The molecule has 2 aliphatic heterocycles. The molecule has 2 N–H and O–H groups in total. The van der Waals surface area contributed by atoms with Crippen LogP contribution in [0.5, 0.6) is 5.75 Å². The molecule has 8 heteroatoms. The van der Waals surface area contributed by atoms with Crippen LogP contribution in [-0.2, 0) is 20.3 Å². The number of benzene rings is 1. The van der Waals surface area contributed by atoms with E-state index in [0.29, 0.717) is 17.1 Å². The molecule has 5 rings (SSSR count). The fraction of sp³-hybridized carbons (Fsp3) is 0.318. The Kier molecular flexibility index (Phi) is 4.12. The van der Waals surface area contributed by atoms with E-state index in [9.17, 15) is 14.1 Å². The number of ether oxygens (including phenoxy) is 1. The van der Waals surface area contributed by atoms with Crippen LogP contribution in [0.3, 0.4) is 0 Å². The van der Waals surface area contributed by atoms with Crippen molar-refractivity contribution in [2.45, 2.75) is 25.6 Å². The molecule has 0 spiro atoms. The van der Waals surface area contributed by atoms with Gasteiger partial charge in [-0.25, -0.2) is 0 Å². The van der Waals surface area contributed by atoms with Gasteiger partial charge in [0.1, 0.15) is 23.7 Å². The smallest absolute Gasteiger partial charge is 0.218 e. The molecule has 30 heavy (non-hydrogen) atoms. The highest BCUT2D eigenvalue weighted by Crippen LogP contribution is 2.52. The van der Waals surface area contributed by atoms with Gasteiger partial charge in [0.05, 0.1) is 34.0 Å². The van der Waals surface area contributed by atoms with Crippen molar-refractivity contribution in [2.75, 3.05) is 20.4 Å². The van der Waals surface area contributed by atoms with E-state index in [1.807, 2.05) is 25.4 Å². The lowest BCUT2D eigenvalue weighted by Crippen LogP contribution is -2.36. The fourth-order valence-electron chi connectivity index (χ4n) is 5.08. The van der Waals surface area contributed by atoms with Crippen molar-refractivity contribution in [3.8, 4) is 5.75 Å². The van der Waals surface area contributed by atoms with E-state index in [2.05, 4.69) is 14.8 Å². The molecule has 2 aromatic rings. The predicted octanol–water partition coefficient (Wildman–Crippen LogP) is 2.67. The Morgan fingerprint density at radius 2 is 2.13 bits per heavy atom. The summed E-state index contributed by atoms with van der Waals surface area (Å²) in [6.45, 7) is 1.50. The molecule has 0 radical (unpaired) electrons. The van der Waals surface area contributed by atoms with Crippen LogP contribution in [0.1, 0.15) is 30.8 Å². The minimum absolute atomic E-state index is 0.135. The van der Waals surface area contributed by atoms with E-state index in [-0.39, 0.29) is 23.9 Å². The number of carbonyl (C=O) groups excluding carboxylic acids is 1. The third-order valence-electron chi connectivity index (χ3n) is 6.10. The van der Waals surface area contributed by atoms with Crippen LogP contribution >= 0.6 is 0 Å². The summed E-state index contributed by atoms with van der Waals surface area (Å²) >= 11 is 0. The zero-order valence-electron chi connectivity index (χ0n) is 17.2. The summed E-state index contributed by atoms with van der Waals surface area (Å²) in [5.41, 5.74) is 4.89. The second-order valence-corrected chi connectivity index (χ2v) is 9.20. The van der Waals surface area contributed by atoms with Gasteiger partial charge in [-0.15, -0.1) is 0 Å². The highest BCUT2D eigenvalue weighted by atomic mass is 32.2. The number of allylic oxidation sites excluding steroid dienone is 1. The number of amides is 1. The van der Waals surface area contributed by atoms with Gasteiger partial charge in [-0.3, -0.25) is 9.00 Å². The highest BCUT2D eigenvalue weighted by Gasteiger charge is 2.46. The van der Waals surface area contributed by atoms with Crippen LogP contribution in [0.2, 0.25) is 0 Å². The SMILES string of the molecule is COC1=C([S@@](C)=O)C2=C3c4c(c5cc(O)ccc5n4[C@H](NC(C)=O)C2)C=CN(C)C13. The van der Waals surface area contributed by atoms with Gasteiger partial charge in [0.25, 0.3) is 0 Å². The number of aromatic nitrogens is 1. The first-order valence-electron chi connectivity index (χ1n) is 9.73. The first-order valence-corrected chi connectivity index (χ1v) is 11.3. The highest BCUT2D eigenvalue weighted by molar-refractivity contribution is 7.88. The fourth-order valence-corrected chi connectivity index (χ4v) is 6.10. The molecular weight excluding hydrogens is 402 g/mol. The average molecular weight is 426 g/mol. The van der Waals surface area contributed by atoms with Gasteiger partial charge in [-0.1, -0.05) is 0 Å². The Morgan fingerprint density at radius 3 is 2.80 bits per heavy atom. The molecule has 0 saturated heterocycles. The molecule has 1 amide bonds. The van der Waals surface area contributed by atoms with Crippen molar-refractivity contribution in [3.05, 3.63) is 51.9 Å². The number of likely N-dealkylation sites (N-methyl/N-ethyl adjacent to an activating group) is 1. The maximum Gasteiger partial charge on any atom is 0.218 e. The Balaban J connectivity index is 1.91. The number of carbonyl (C=O) groups is 1. The maximum atomic E-state index is 12.8. The van der Waals surface area contributed by atoms with E-state index < -0.39 is 10.8 Å². The number of nitrogens with one attached hydrogen (secondary N) is 1. The van der Waals surface area contributed by atoms with Gasteiger partial charge in [0.15, 0.2) is 0 Å². The number of aromatic hydroxyl groups is 1. The van der Waals surface area contributed by atoms with Gasteiger partial charge < -0.3 is 24.6 Å². The number of nitrogens with zero attached hydrogens (tertiary/aromatic N) is 2. The average Bonchev–Trinajstić information content (AvgIpc) is 3.12. The minimum Gasteiger partial charge on any atom is -0.508 e. The van der Waals surface area contributed by atoms with Crippen molar-refractivity contribution in [2.24, 2.45) is 0 Å². The van der Waals surface area contributed by atoms with E-state index in [1.165, 1.54) is 6.92 Å². The van der Waals surface area contributed by atoms with Gasteiger partial charge in [-0.05, 0) is 29.8 Å². The molecule has 1 aliphatic carbocycles. The molecule has 7 nitrogen and oxygen atoms in total. The molecule has 1 aromatic carbocycles. The number of fused-ring (bicyclic) bond motifs is 3. The molecule has 0 saturated carbocycles. The summed E-state index contributed by atoms with van der Waals surface area (Å²) in [6, 6.07) is 5.10. The molecule has 0 fully saturated rings. The zero-order valence-corrected chi connectivity index (χ0v) is 18.0. The van der Waals surface area contributed by atoms with Crippen LogP contribution in [-0.4, -0.2) is 51.1 Å². The summed E-state index contributed by atoms with van der Waals surface area (Å²) in [4.78, 5) is 14.8. The summed E-state index contributed by atoms with van der Waals surface area (Å²) in [7, 11) is 2.34. The van der Waals surface area contributed by atoms with Crippen molar-refractivity contribution in [1.29, 1.82) is 0 Å². The van der Waals surface area contributed by atoms with Crippen molar-refractivity contribution in [1.82, 2.24) is 14.8 Å². The number of hydrogen-bond acceptors (Lipinski definition) is 5. The van der Waals surface area contributed by atoms with Crippen LogP contribution in [0.25, 0.3) is 22.6 Å². The standard InChI is InChI=1S/C22H23N3O4S/c1-11(26)23-17-10-15-18-19-13(14-9-12(27)5-6-16(14)25(17)19)7-8-24(2)20(18)21(29-3)22(15)30(4)28/h5-9,17,20,27H,10H2,1-4H3,(H,23,26)/t17-,20?,30+/m0/s1. The second-order valence-electron chi connectivity index (χ2n) is 7.88. The molecule has 3 heterocycles. The largest absolute Gasteiger partial charge is 0.508 e. The van der Waals surface area contributed by atoms with E-state index in [0.717, 1.165) is 33.3 Å². The number of methoxy groups -OCH3 is 1. The normalized spacial score (nSPS) is 23.0. The van der Waals surface area contributed by atoms with Crippen LogP contribution in [0.15, 0.2) is 40.6 Å². The van der Waals surface area contributed by atoms with Gasteiger partial charge in [0, 0.05) is 49.4 Å². The van der Waals surface area contributed by atoms with E-state index >= 15 is 0 Å². The number of phenolic OH excluding ortho intramolecular Hbond substituents is 1. The third-order valence-corrected chi connectivity index (χ3v) is 7.12. The second kappa shape index (κ2) is 6.50. The van der Waals surface area contributed by atoms with Gasteiger partial charge >= 0.3 is 0 Å².